The molecule has 1 nitrogen and oxygen atoms in total. The average Bonchev–Trinajstić information content (AvgIpc) is 2.04. The summed E-state index contributed by atoms with van der Waals surface area (Å²) in [7, 11) is -1.77. The molecule has 1 atom stereocenters. The van der Waals surface area contributed by atoms with E-state index in [1.807, 2.05) is 0 Å². The highest BCUT2D eigenvalue weighted by molar-refractivity contribution is 7.47. The maximum atomic E-state index is 12.9. The van der Waals surface area contributed by atoms with Gasteiger partial charge in [-0.05, 0) is 25.8 Å². The molecule has 0 amide bonds. The first-order valence-corrected chi connectivity index (χ1v) is 9.86. The molecule has 0 saturated carbocycles. The van der Waals surface area contributed by atoms with Crippen LogP contribution in [0, 0.1) is 0 Å². The van der Waals surface area contributed by atoms with Gasteiger partial charge in [-0.15, -0.1) is 22.2 Å². The third-order valence-electron chi connectivity index (χ3n) is 2.37. The summed E-state index contributed by atoms with van der Waals surface area (Å²) < 4.78 is 18.4. The highest BCUT2D eigenvalue weighted by Gasteiger charge is 2.51. The fourth-order valence-corrected chi connectivity index (χ4v) is 5.74. The van der Waals surface area contributed by atoms with Crippen LogP contribution in [0.3, 0.4) is 0 Å². The highest BCUT2D eigenvalue weighted by Crippen LogP contribution is 2.38. The van der Waals surface area contributed by atoms with E-state index in [1.165, 1.54) is 0 Å². The lowest BCUT2D eigenvalue weighted by molar-refractivity contribution is 0.0277. The molecule has 0 N–H and O–H groups in total. The summed E-state index contributed by atoms with van der Waals surface area (Å²) in [5.41, 5.74) is 0. The van der Waals surface area contributed by atoms with E-state index < -0.39 is 21.4 Å². The Morgan fingerprint density at radius 2 is 2.17 bits per heavy atom. The number of rotatable bonds is 2. The smallest absolute Gasteiger partial charge is 0.278 e. The lowest BCUT2D eigenvalue weighted by Crippen LogP contribution is -2.56. The molecular weight excluding hydrogens is 234 g/mol. The third-order valence-corrected chi connectivity index (χ3v) is 11.3. The summed E-state index contributed by atoms with van der Waals surface area (Å²) in [6, 6.07) is 0. The van der Waals surface area contributed by atoms with Gasteiger partial charge in [-0.3, -0.25) is 0 Å². The second-order valence-corrected chi connectivity index (χ2v) is 13.2. The molecule has 1 unspecified atom stereocenters. The maximum absolute atomic E-state index is 12.9. The van der Waals surface area contributed by atoms with Crippen molar-refractivity contribution in [3.05, 3.63) is 0 Å². The van der Waals surface area contributed by atoms with Crippen LogP contribution in [0.25, 0.3) is 0 Å². The lowest BCUT2D eigenvalue weighted by atomic mass is 10.2. The van der Waals surface area contributed by atoms with Crippen molar-refractivity contribution in [3.8, 4) is 0 Å². The molecule has 0 aromatic carbocycles. The van der Waals surface area contributed by atoms with Crippen LogP contribution in [0.1, 0.15) is 19.3 Å². The average molecular weight is 247 g/mol. The first-order valence-electron chi connectivity index (χ1n) is 4.10. The molecule has 72 valence electrons. The fourth-order valence-electron chi connectivity index (χ4n) is 1.42. The molecule has 6 heteroatoms. The van der Waals surface area contributed by atoms with Crippen molar-refractivity contribution >= 4 is 38.7 Å². The van der Waals surface area contributed by atoms with Crippen LogP contribution in [0.15, 0.2) is 0 Å². The van der Waals surface area contributed by atoms with Gasteiger partial charge in [0.25, 0.3) is 6.69 Å². The zero-order valence-electron chi connectivity index (χ0n) is 7.08. The summed E-state index contributed by atoms with van der Waals surface area (Å²) in [4.78, 5) is -0.700. The molecule has 1 saturated heterocycles. The van der Waals surface area contributed by atoms with Gasteiger partial charge in [0.15, 0.2) is 0 Å². The molecule has 1 rings (SSSR count). The maximum Gasteiger partial charge on any atom is 0.278 e. The minimum absolute atomic E-state index is 0.624. The van der Waals surface area contributed by atoms with E-state index in [2.05, 4.69) is 0 Å². The van der Waals surface area contributed by atoms with Crippen LogP contribution in [0.4, 0.5) is 4.11 Å². The van der Waals surface area contributed by atoms with Gasteiger partial charge in [-0.2, -0.15) is 0 Å². The predicted molar refractivity (Wildman–Crippen MR) is 55.5 cm³/mol. The van der Waals surface area contributed by atoms with Crippen LogP contribution < -0.4 is 0 Å². The van der Waals surface area contributed by atoms with Gasteiger partial charge in [-0.1, -0.05) is 0 Å². The van der Waals surface area contributed by atoms with E-state index in [0.29, 0.717) is 6.61 Å². The Kier molecular flexibility index (Phi) is 3.62. The summed E-state index contributed by atoms with van der Waals surface area (Å²) in [6.45, 7) is -0.116. The minimum atomic E-state index is -2.50. The molecule has 0 aliphatic carbocycles. The van der Waals surface area contributed by atoms with Gasteiger partial charge < -0.3 is 8.84 Å². The van der Waals surface area contributed by atoms with E-state index >= 15 is 0 Å². The van der Waals surface area contributed by atoms with Crippen LogP contribution >= 0.6 is 22.2 Å². The molecule has 0 aromatic rings. The molecule has 0 bridgehead atoms. The second-order valence-electron chi connectivity index (χ2n) is 3.32. The summed E-state index contributed by atoms with van der Waals surface area (Å²) in [6.07, 6.45) is 2.73. The van der Waals surface area contributed by atoms with Gasteiger partial charge in [0.05, 0.1) is 0 Å². The van der Waals surface area contributed by atoms with E-state index in [-0.39, 0.29) is 0 Å². The molecule has 1 heterocycles. The van der Waals surface area contributed by atoms with E-state index in [4.69, 9.17) is 26.9 Å². The predicted octanol–water partition coefficient (Wildman–Crippen LogP) is 2.03. The number of hydrogen-bond acceptors (Lipinski definition) is 1. The van der Waals surface area contributed by atoms with Crippen LogP contribution in [-0.2, 0) is 4.74 Å². The third kappa shape index (κ3) is 2.04. The SMILES string of the molecule is C[Si](Cl)(Cl)C1([SiH2]F)CCCCO1. The van der Waals surface area contributed by atoms with Crippen molar-refractivity contribution in [1.29, 1.82) is 0 Å². The number of halogens is 3. The molecule has 0 radical (unpaired) electrons. The van der Waals surface area contributed by atoms with Crippen molar-refractivity contribution in [2.24, 2.45) is 0 Å². The molecule has 1 fully saturated rings. The van der Waals surface area contributed by atoms with Crippen molar-refractivity contribution in [3.63, 3.8) is 0 Å². The Balaban J connectivity index is 2.73. The molecule has 1 aliphatic rings. The largest absolute Gasteiger partial charge is 0.376 e. The van der Waals surface area contributed by atoms with Gasteiger partial charge in [0, 0.05) is 6.61 Å². The van der Waals surface area contributed by atoms with Crippen molar-refractivity contribution in [1.82, 2.24) is 0 Å². The van der Waals surface area contributed by atoms with Gasteiger partial charge >= 0.3 is 0 Å². The first-order chi connectivity index (χ1) is 5.52. The summed E-state index contributed by atoms with van der Waals surface area (Å²) in [5, 5.41) is 0. The van der Waals surface area contributed by atoms with Crippen molar-refractivity contribution in [2.45, 2.75) is 30.7 Å². The second kappa shape index (κ2) is 3.96. The zero-order chi connectivity index (χ0) is 9.24. The van der Waals surface area contributed by atoms with Crippen LogP contribution in [0.5, 0.6) is 0 Å². The minimum Gasteiger partial charge on any atom is -0.376 e. The fraction of sp³-hybridized carbons (Fsp3) is 1.00. The zero-order valence-corrected chi connectivity index (χ0v) is 11.0. The van der Waals surface area contributed by atoms with Gasteiger partial charge in [0.1, 0.15) is 4.85 Å². The van der Waals surface area contributed by atoms with Crippen LogP contribution in [0.2, 0.25) is 6.55 Å². The van der Waals surface area contributed by atoms with Crippen LogP contribution in [-0.4, -0.2) is 28.0 Å². The van der Waals surface area contributed by atoms with Gasteiger partial charge in [-0.25, -0.2) is 0 Å². The monoisotopic (exact) mass is 246 g/mol. The molecular formula is C6H13Cl2FOSi2. The number of ether oxygens (including phenoxy) is 1. The van der Waals surface area contributed by atoms with Crippen molar-refractivity contribution < 1.29 is 8.84 Å². The van der Waals surface area contributed by atoms with E-state index in [9.17, 15) is 4.11 Å². The topological polar surface area (TPSA) is 9.23 Å². The molecule has 1 aliphatic heterocycles. The Morgan fingerprint density at radius 1 is 1.50 bits per heavy atom. The lowest BCUT2D eigenvalue weighted by Gasteiger charge is -2.39. The summed E-state index contributed by atoms with van der Waals surface area (Å²) >= 11 is 12.1. The standard InChI is InChI=1S/C6H13Cl2FOSi2/c1-12(7,8)6(11-9)4-2-3-5-10-6/h2-5,11H2,1H3. The quantitative estimate of drug-likeness (QED) is 0.536. The molecule has 12 heavy (non-hydrogen) atoms. The van der Waals surface area contributed by atoms with Crippen molar-refractivity contribution in [2.75, 3.05) is 6.61 Å². The molecule has 0 spiro atoms. The Morgan fingerprint density at radius 3 is 2.42 bits per heavy atom. The Hall–Kier alpha value is 0.904. The van der Waals surface area contributed by atoms with E-state index in [0.717, 1.165) is 19.3 Å². The Labute approximate surface area is 85.0 Å². The normalized spacial score (nSPS) is 33.0. The molecule has 0 aromatic heterocycles. The Bertz CT molecular complexity index is 156. The number of hydrogen-bond donors (Lipinski definition) is 0. The summed E-state index contributed by atoms with van der Waals surface area (Å²) in [5.74, 6) is 0. The first kappa shape index (κ1) is 11.0. The highest BCUT2D eigenvalue weighted by atomic mass is 35.7. The van der Waals surface area contributed by atoms with Gasteiger partial charge in [0.2, 0.25) is 9.85 Å². The van der Waals surface area contributed by atoms with E-state index in [1.54, 1.807) is 6.55 Å².